The minimum absolute atomic E-state index is 0.169. The molecule has 0 saturated carbocycles. The Bertz CT molecular complexity index is 1450. The average Bonchev–Trinajstić information content (AvgIpc) is 2.90. The Morgan fingerprint density at radius 1 is 0.944 bits per heavy atom. The molecule has 0 radical (unpaired) electrons. The van der Waals surface area contributed by atoms with Gasteiger partial charge in [-0.25, -0.2) is 9.97 Å². The minimum Gasteiger partial charge on any atom is -0.352 e. The number of rotatable bonds is 6. The van der Waals surface area contributed by atoms with E-state index in [2.05, 4.69) is 46.0 Å². The van der Waals surface area contributed by atoms with Crippen LogP contribution in [0, 0.1) is 0 Å². The van der Waals surface area contributed by atoms with Crippen molar-refractivity contribution in [2.45, 2.75) is 19.9 Å². The Labute approximate surface area is 210 Å². The number of piperazine rings is 1. The fourth-order valence-electron chi connectivity index (χ4n) is 5.40. The number of nitrogens with one attached hydrogen (secondary N) is 1. The van der Waals surface area contributed by atoms with Crippen molar-refractivity contribution in [1.82, 2.24) is 29.7 Å². The molecule has 0 bridgehead atoms. The molecule has 2 fully saturated rings. The van der Waals surface area contributed by atoms with Gasteiger partial charge in [0.2, 0.25) is 5.95 Å². The van der Waals surface area contributed by atoms with E-state index in [1.54, 1.807) is 10.9 Å². The smallest absolute Gasteiger partial charge is 0.284 e. The van der Waals surface area contributed by atoms with E-state index >= 15 is 0 Å². The molecule has 2 aliphatic rings. The molecule has 0 atom stereocenters. The van der Waals surface area contributed by atoms with Crippen LogP contribution >= 0.6 is 0 Å². The van der Waals surface area contributed by atoms with Crippen molar-refractivity contribution in [3.05, 3.63) is 59.1 Å². The highest BCUT2D eigenvalue weighted by Gasteiger charge is 2.33. The molecule has 2 saturated heterocycles. The lowest BCUT2D eigenvalue weighted by Gasteiger charge is -2.45. The van der Waals surface area contributed by atoms with Crippen LogP contribution in [0.25, 0.3) is 27.5 Å². The summed E-state index contributed by atoms with van der Waals surface area (Å²) in [5, 5.41) is 5.48. The molecular formula is C27H32N8O. The maximum absolute atomic E-state index is 13.9. The summed E-state index contributed by atoms with van der Waals surface area (Å²) >= 11 is 0. The van der Waals surface area contributed by atoms with E-state index in [9.17, 15) is 4.79 Å². The quantitative estimate of drug-likeness (QED) is 0.446. The van der Waals surface area contributed by atoms with Crippen LogP contribution in [0.1, 0.15) is 13.8 Å². The second-order valence-corrected chi connectivity index (χ2v) is 9.48. The van der Waals surface area contributed by atoms with Crippen LogP contribution in [0.4, 0.5) is 11.8 Å². The van der Waals surface area contributed by atoms with E-state index < -0.39 is 0 Å². The molecule has 4 aromatic rings. The van der Waals surface area contributed by atoms with Crippen molar-refractivity contribution >= 4 is 33.6 Å². The summed E-state index contributed by atoms with van der Waals surface area (Å²) in [4.78, 5) is 35.4. The molecule has 1 N–H and O–H groups in total. The molecule has 4 heterocycles. The standard InChI is InChI=1S/C27H32N8O/c1-3-32(4-2)20-16-34(17-20)27-30-24-23(25(31-27)33-14-12-28-13-15-33)29-18-35(26(24)36)22-11-7-9-19-8-5-6-10-21(19)22/h5-11,18,20,28H,3-4,12-17H2,1-2H3. The van der Waals surface area contributed by atoms with Gasteiger partial charge in [-0.3, -0.25) is 14.3 Å². The molecule has 0 amide bonds. The predicted octanol–water partition coefficient (Wildman–Crippen LogP) is 2.27. The molecule has 2 aromatic heterocycles. The fraction of sp³-hybridized carbons (Fsp3) is 0.407. The monoisotopic (exact) mass is 484 g/mol. The van der Waals surface area contributed by atoms with Crippen molar-refractivity contribution in [3.63, 3.8) is 0 Å². The van der Waals surface area contributed by atoms with E-state index in [0.29, 0.717) is 23.0 Å². The van der Waals surface area contributed by atoms with Crippen molar-refractivity contribution in [1.29, 1.82) is 0 Å². The molecule has 6 rings (SSSR count). The summed E-state index contributed by atoms with van der Waals surface area (Å²) in [5.41, 5.74) is 1.58. The average molecular weight is 485 g/mol. The second kappa shape index (κ2) is 9.48. The topological polar surface area (TPSA) is 82.4 Å². The van der Waals surface area contributed by atoms with E-state index in [1.165, 1.54) is 0 Å². The lowest BCUT2D eigenvalue weighted by atomic mass is 10.1. The molecular weight excluding hydrogens is 452 g/mol. The zero-order chi connectivity index (χ0) is 24.6. The lowest BCUT2D eigenvalue weighted by molar-refractivity contribution is 0.182. The van der Waals surface area contributed by atoms with Crippen molar-refractivity contribution in [2.24, 2.45) is 0 Å². The molecule has 2 aromatic carbocycles. The van der Waals surface area contributed by atoms with Crippen LogP contribution in [0.3, 0.4) is 0 Å². The summed E-state index contributed by atoms with van der Waals surface area (Å²) in [6, 6.07) is 14.6. The Kier molecular flexibility index (Phi) is 6.02. The highest BCUT2D eigenvalue weighted by Crippen LogP contribution is 2.28. The SMILES string of the molecule is CCN(CC)C1CN(c2nc(N3CCNCC3)c3ncn(-c4cccc5ccccc45)c(=O)c3n2)C1. The Morgan fingerprint density at radius 3 is 2.47 bits per heavy atom. The molecule has 9 nitrogen and oxygen atoms in total. The maximum atomic E-state index is 13.9. The minimum atomic E-state index is -0.169. The normalized spacial score (nSPS) is 16.8. The van der Waals surface area contributed by atoms with Gasteiger partial charge in [0, 0.05) is 50.7 Å². The number of likely N-dealkylation sites (N-methyl/N-ethyl adjacent to an activating group) is 1. The van der Waals surface area contributed by atoms with E-state index in [0.717, 1.165) is 74.6 Å². The van der Waals surface area contributed by atoms with Crippen molar-refractivity contribution < 1.29 is 0 Å². The van der Waals surface area contributed by atoms with Crippen LogP contribution in [-0.2, 0) is 0 Å². The molecule has 9 heteroatoms. The summed E-state index contributed by atoms with van der Waals surface area (Å²) in [6.07, 6.45) is 1.63. The number of hydrogen-bond acceptors (Lipinski definition) is 8. The first-order valence-electron chi connectivity index (χ1n) is 12.9. The fourth-order valence-corrected chi connectivity index (χ4v) is 5.40. The van der Waals surface area contributed by atoms with Crippen molar-refractivity contribution in [3.8, 4) is 5.69 Å². The largest absolute Gasteiger partial charge is 0.352 e. The van der Waals surface area contributed by atoms with Crippen molar-refractivity contribution in [2.75, 3.05) is 62.2 Å². The van der Waals surface area contributed by atoms with Gasteiger partial charge in [-0.15, -0.1) is 0 Å². The van der Waals surface area contributed by atoms with Gasteiger partial charge in [0.1, 0.15) is 11.8 Å². The van der Waals surface area contributed by atoms with Crippen LogP contribution in [0.2, 0.25) is 0 Å². The molecule has 0 unspecified atom stereocenters. The highest BCUT2D eigenvalue weighted by molar-refractivity contribution is 5.91. The van der Waals surface area contributed by atoms with Gasteiger partial charge < -0.3 is 15.1 Å². The van der Waals surface area contributed by atoms with Crippen LogP contribution in [0.5, 0.6) is 0 Å². The number of aromatic nitrogens is 4. The number of hydrogen-bond donors (Lipinski definition) is 1. The Morgan fingerprint density at radius 2 is 1.69 bits per heavy atom. The van der Waals surface area contributed by atoms with E-state index in [4.69, 9.17) is 15.0 Å². The van der Waals surface area contributed by atoms with Gasteiger partial charge in [0.25, 0.3) is 5.56 Å². The Balaban J connectivity index is 1.48. The first-order chi connectivity index (χ1) is 17.7. The van der Waals surface area contributed by atoms with Gasteiger partial charge in [0.15, 0.2) is 11.3 Å². The second-order valence-electron chi connectivity index (χ2n) is 9.48. The van der Waals surface area contributed by atoms with E-state index in [-0.39, 0.29) is 5.56 Å². The lowest BCUT2D eigenvalue weighted by Crippen LogP contribution is -2.60. The van der Waals surface area contributed by atoms with Crippen LogP contribution in [0.15, 0.2) is 53.6 Å². The Hall–Kier alpha value is -3.56. The zero-order valence-corrected chi connectivity index (χ0v) is 20.9. The van der Waals surface area contributed by atoms with Gasteiger partial charge in [0.05, 0.1) is 5.69 Å². The zero-order valence-electron chi connectivity index (χ0n) is 20.9. The van der Waals surface area contributed by atoms with Crippen LogP contribution < -0.4 is 20.7 Å². The van der Waals surface area contributed by atoms with E-state index in [1.807, 2.05) is 30.3 Å². The number of anilines is 2. The van der Waals surface area contributed by atoms with Gasteiger partial charge >= 0.3 is 0 Å². The van der Waals surface area contributed by atoms with Crippen LogP contribution in [-0.4, -0.2) is 82.8 Å². The number of benzene rings is 2. The molecule has 36 heavy (non-hydrogen) atoms. The third-order valence-electron chi connectivity index (χ3n) is 7.49. The summed E-state index contributed by atoms with van der Waals surface area (Å²) in [6.45, 7) is 11.6. The van der Waals surface area contributed by atoms with Gasteiger partial charge in [-0.05, 0) is 24.5 Å². The van der Waals surface area contributed by atoms with Gasteiger partial charge in [-0.2, -0.15) is 4.98 Å². The molecule has 2 aliphatic heterocycles. The third-order valence-corrected chi connectivity index (χ3v) is 7.49. The summed E-state index contributed by atoms with van der Waals surface area (Å²) in [5.74, 6) is 1.37. The molecule has 186 valence electrons. The van der Waals surface area contributed by atoms with Gasteiger partial charge in [-0.1, -0.05) is 50.2 Å². The maximum Gasteiger partial charge on any atom is 0.284 e. The summed E-state index contributed by atoms with van der Waals surface area (Å²) in [7, 11) is 0. The predicted molar refractivity (Wildman–Crippen MR) is 144 cm³/mol. The third kappa shape index (κ3) is 3.88. The first-order valence-corrected chi connectivity index (χ1v) is 12.9. The molecule has 0 aliphatic carbocycles. The summed E-state index contributed by atoms with van der Waals surface area (Å²) < 4.78 is 1.62. The number of fused-ring (bicyclic) bond motifs is 2. The molecule has 0 spiro atoms. The highest BCUT2D eigenvalue weighted by atomic mass is 16.1. The number of nitrogens with zero attached hydrogens (tertiary/aromatic N) is 7. The first kappa shape index (κ1) is 22.9.